The summed E-state index contributed by atoms with van der Waals surface area (Å²) in [4.78, 5) is 2.28. The Morgan fingerprint density at radius 3 is 2.52 bits per heavy atom. The topological polar surface area (TPSA) is 40.2 Å². The van der Waals surface area contributed by atoms with E-state index in [2.05, 4.69) is 11.0 Å². The van der Waals surface area contributed by atoms with E-state index in [9.17, 15) is 5.26 Å². The van der Waals surface area contributed by atoms with Crippen molar-refractivity contribution in [1.29, 1.82) is 5.26 Å². The molecular formula is C19H19ClN2O. The fourth-order valence-corrected chi connectivity index (χ4v) is 3.11. The highest BCUT2D eigenvalue weighted by atomic mass is 35.5. The molecule has 0 atom stereocenters. The number of allylic oxidation sites excluding steroid dienone is 1. The third-order valence-corrected chi connectivity index (χ3v) is 4.43. The minimum atomic E-state index is 0.507. The lowest BCUT2D eigenvalue weighted by atomic mass is 10.1. The molecular weight excluding hydrogens is 308 g/mol. The van der Waals surface area contributed by atoms with Gasteiger partial charge in [0.25, 0.3) is 0 Å². The van der Waals surface area contributed by atoms with Gasteiger partial charge >= 0.3 is 0 Å². The normalized spacial score (nSPS) is 16.0. The van der Waals surface area contributed by atoms with Gasteiger partial charge in [0.15, 0.2) is 5.88 Å². The monoisotopic (exact) mass is 326 g/mol. The van der Waals surface area contributed by atoms with Crippen LogP contribution in [0.15, 0.2) is 40.8 Å². The standard InChI is InChI=1S/C19H19ClN2O/c20-18-8-4-3-7-17(18)15(14-21)13-16-9-10-19(23-16)22-11-5-1-2-6-12-22/h3-4,7-10,13H,1-2,5-6,11-12H2. The number of anilines is 1. The number of rotatable bonds is 3. The Hall–Kier alpha value is -2.18. The van der Waals surface area contributed by atoms with Crippen molar-refractivity contribution in [2.45, 2.75) is 25.7 Å². The molecule has 1 aliphatic heterocycles. The largest absolute Gasteiger partial charge is 0.441 e. The van der Waals surface area contributed by atoms with Gasteiger partial charge in [0.05, 0.1) is 11.6 Å². The van der Waals surface area contributed by atoms with E-state index in [1.807, 2.05) is 30.3 Å². The fraction of sp³-hybridized carbons (Fsp3) is 0.316. The second-order valence-corrected chi connectivity index (χ2v) is 6.13. The van der Waals surface area contributed by atoms with Crippen LogP contribution in [0.1, 0.15) is 37.0 Å². The van der Waals surface area contributed by atoms with Gasteiger partial charge in [-0.05, 0) is 31.1 Å². The molecule has 0 saturated carbocycles. The second-order valence-electron chi connectivity index (χ2n) is 5.73. The second kappa shape index (κ2) is 7.39. The van der Waals surface area contributed by atoms with E-state index < -0.39 is 0 Å². The molecule has 0 bridgehead atoms. The maximum atomic E-state index is 9.43. The highest BCUT2D eigenvalue weighted by Gasteiger charge is 2.13. The molecule has 4 heteroatoms. The SMILES string of the molecule is N#CC(=Cc1ccc(N2CCCCCC2)o1)c1ccccc1Cl. The maximum Gasteiger partial charge on any atom is 0.196 e. The number of nitriles is 1. The molecule has 1 aliphatic rings. The molecule has 0 N–H and O–H groups in total. The van der Waals surface area contributed by atoms with E-state index in [4.69, 9.17) is 16.0 Å². The first-order valence-corrected chi connectivity index (χ1v) is 8.37. The highest BCUT2D eigenvalue weighted by molar-refractivity contribution is 6.32. The zero-order valence-corrected chi connectivity index (χ0v) is 13.7. The Kier molecular flexibility index (Phi) is 5.05. The number of hydrogen-bond acceptors (Lipinski definition) is 3. The summed E-state index contributed by atoms with van der Waals surface area (Å²) in [5.41, 5.74) is 1.23. The number of halogens is 1. The van der Waals surface area contributed by atoms with Gasteiger partial charge in [0.2, 0.25) is 0 Å². The minimum Gasteiger partial charge on any atom is -0.441 e. The third kappa shape index (κ3) is 3.78. The third-order valence-electron chi connectivity index (χ3n) is 4.10. The molecule has 23 heavy (non-hydrogen) atoms. The maximum absolute atomic E-state index is 9.43. The molecule has 0 unspecified atom stereocenters. The van der Waals surface area contributed by atoms with Crippen molar-refractivity contribution < 1.29 is 4.42 Å². The molecule has 3 rings (SSSR count). The van der Waals surface area contributed by atoms with Crippen LogP contribution in [0.5, 0.6) is 0 Å². The van der Waals surface area contributed by atoms with E-state index >= 15 is 0 Å². The van der Waals surface area contributed by atoms with E-state index in [1.54, 1.807) is 12.1 Å². The van der Waals surface area contributed by atoms with Crippen molar-refractivity contribution >= 4 is 29.1 Å². The smallest absolute Gasteiger partial charge is 0.196 e. The van der Waals surface area contributed by atoms with Crippen LogP contribution >= 0.6 is 11.6 Å². The van der Waals surface area contributed by atoms with Crippen LogP contribution in [-0.2, 0) is 0 Å². The lowest BCUT2D eigenvalue weighted by Gasteiger charge is -2.18. The molecule has 2 aromatic rings. The molecule has 1 aromatic heterocycles. The van der Waals surface area contributed by atoms with Gasteiger partial charge in [-0.2, -0.15) is 5.26 Å². The van der Waals surface area contributed by atoms with Crippen molar-refractivity contribution in [3.05, 3.63) is 52.7 Å². The van der Waals surface area contributed by atoms with E-state index in [-0.39, 0.29) is 0 Å². The van der Waals surface area contributed by atoms with Crippen molar-refractivity contribution in [2.75, 3.05) is 18.0 Å². The zero-order chi connectivity index (χ0) is 16.1. The fourth-order valence-electron chi connectivity index (χ4n) is 2.87. The predicted molar refractivity (Wildman–Crippen MR) is 94.3 cm³/mol. The molecule has 2 heterocycles. The summed E-state index contributed by atoms with van der Waals surface area (Å²) in [6, 6.07) is 13.5. The number of benzene rings is 1. The van der Waals surface area contributed by atoms with Gasteiger partial charge in [-0.25, -0.2) is 0 Å². The molecule has 0 aliphatic carbocycles. The predicted octanol–water partition coefficient (Wildman–Crippen LogP) is 5.38. The van der Waals surface area contributed by atoms with Gasteiger partial charge in [0, 0.05) is 29.7 Å². The number of hydrogen-bond donors (Lipinski definition) is 0. The van der Waals surface area contributed by atoms with Crippen LogP contribution in [0.4, 0.5) is 5.88 Å². The van der Waals surface area contributed by atoms with Crippen LogP contribution in [0.25, 0.3) is 11.6 Å². The lowest BCUT2D eigenvalue weighted by molar-refractivity contribution is 0.536. The minimum absolute atomic E-state index is 0.507. The summed E-state index contributed by atoms with van der Waals surface area (Å²) in [5.74, 6) is 1.57. The Bertz CT molecular complexity index is 734. The van der Waals surface area contributed by atoms with Crippen LogP contribution < -0.4 is 4.90 Å². The van der Waals surface area contributed by atoms with E-state index in [0.717, 1.165) is 24.5 Å². The first-order chi connectivity index (χ1) is 11.3. The van der Waals surface area contributed by atoms with Crippen molar-refractivity contribution in [3.63, 3.8) is 0 Å². The number of furan rings is 1. The molecule has 1 saturated heterocycles. The lowest BCUT2D eigenvalue weighted by Crippen LogP contribution is -2.23. The number of nitrogens with zero attached hydrogens (tertiary/aromatic N) is 2. The quantitative estimate of drug-likeness (QED) is 0.711. The molecule has 1 fully saturated rings. The van der Waals surface area contributed by atoms with Crippen LogP contribution in [-0.4, -0.2) is 13.1 Å². The summed E-state index contributed by atoms with van der Waals surface area (Å²) in [6.45, 7) is 2.07. The van der Waals surface area contributed by atoms with Crippen molar-refractivity contribution in [1.82, 2.24) is 0 Å². The average Bonchev–Trinajstić information content (AvgIpc) is 2.86. The van der Waals surface area contributed by atoms with Crippen LogP contribution in [0.2, 0.25) is 5.02 Å². The van der Waals surface area contributed by atoms with E-state index in [0.29, 0.717) is 16.4 Å². The van der Waals surface area contributed by atoms with Gasteiger partial charge in [-0.1, -0.05) is 42.6 Å². The van der Waals surface area contributed by atoms with E-state index in [1.165, 1.54) is 25.7 Å². The van der Waals surface area contributed by atoms with Gasteiger partial charge in [-0.15, -0.1) is 0 Å². The van der Waals surface area contributed by atoms with Crippen molar-refractivity contribution in [3.8, 4) is 6.07 Å². The summed E-state index contributed by atoms with van der Waals surface area (Å²) in [6.07, 6.45) is 6.73. The average molecular weight is 327 g/mol. The molecule has 3 nitrogen and oxygen atoms in total. The molecule has 118 valence electrons. The first kappa shape index (κ1) is 15.7. The Balaban J connectivity index is 1.84. The molecule has 0 radical (unpaired) electrons. The molecule has 1 aromatic carbocycles. The van der Waals surface area contributed by atoms with Gasteiger partial charge in [0.1, 0.15) is 5.76 Å². The van der Waals surface area contributed by atoms with Crippen LogP contribution in [0.3, 0.4) is 0 Å². The Morgan fingerprint density at radius 2 is 1.83 bits per heavy atom. The Morgan fingerprint density at radius 1 is 1.09 bits per heavy atom. The van der Waals surface area contributed by atoms with Gasteiger partial charge in [-0.3, -0.25) is 0 Å². The summed E-state index contributed by atoms with van der Waals surface area (Å²) in [7, 11) is 0. The van der Waals surface area contributed by atoms with Crippen LogP contribution in [0, 0.1) is 11.3 Å². The summed E-state index contributed by atoms with van der Waals surface area (Å²) in [5, 5.41) is 10.00. The van der Waals surface area contributed by atoms with Crippen molar-refractivity contribution in [2.24, 2.45) is 0 Å². The Labute approximate surface area is 141 Å². The summed E-state index contributed by atoms with van der Waals surface area (Å²) < 4.78 is 5.93. The highest BCUT2D eigenvalue weighted by Crippen LogP contribution is 2.28. The molecule has 0 amide bonds. The van der Waals surface area contributed by atoms with Gasteiger partial charge < -0.3 is 9.32 Å². The first-order valence-electron chi connectivity index (χ1n) is 7.99. The zero-order valence-electron chi connectivity index (χ0n) is 13.0. The summed E-state index contributed by atoms with van der Waals surface area (Å²) >= 11 is 6.18. The molecule has 0 spiro atoms.